The Kier molecular flexibility index (Phi) is 8.80. The molecule has 0 aromatic carbocycles. The summed E-state index contributed by atoms with van der Waals surface area (Å²) < 4.78 is 5.24. The topological polar surface area (TPSA) is 12.5 Å². The number of hydrogen-bond donors (Lipinski definition) is 1. The monoisotopic (exact) mass is 187 g/mol. The van der Waals surface area contributed by atoms with E-state index >= 15 is 0 Å². The van der Waals surface area contributed by atoms with Gasteiger partial charge in [0.05, 0.1) is 0 Å². The summed E-state index contributed by atoms with van der Waals surface area (Å²) in [5, 5.41) is 0. The molecule has 0 N–H and O–H groups in total. The molecule has 0 bridgehead atoms. The maximum atomic E-state index is 5.24. The highest BCUT2D eigenvalue weighted by Crippen LogP contribution is 1.89. The van der Waals surface area contributed by atoms with Gasteiger partial charge in [0.2, 0.25) is 0 Å². The Morgan fingerprint density at radius 3 is 2.83 bits per heavy atom. The highest BCUT2D eigenvalue weighted by atomic mass is 32.1. The summed E-state index contributed by atoms with van der Waals surface area (Å²) in [5.41, 5.74) is 0. The fraction of sp³-hybridized carbons (Fsp3) is 0.778. The van der Waals surface area contributed by atoms with Gasteiger partial charge in [-0.2, -0.15) is 12.6 Å². The maximum Gasteiger partial charge on any atom is 0.107 e. The molecule has 0 saturated heterocycles. The molecule has 0 aliphatic carbocycles. The van der Waals surface area contributed by atoms with E-state index in [0.29, 0.717) is 6.61 Å². The molecule has 0 fully saturated rings. The van der Waals surface area contributed by atoms with Gasteiger partial charge in [-0.15, -0.1) is 5.92 Å². The van der Waals surface area contributed by atoms with Gasteiger partial charge in [0.1, 0.15) is 6.61 Å². The second-order valence-electron chi connectivity index (χ2n) is 2.55. The lowest BCUT2D eigenvalue weighted by atomic mass is 10.4. The van der Waals surface area contributed by atoms with Crippen molar-refractivity contribution < 1.29 is 4.74 Å². The lowest BCUT2D eigenvalue weighted by Crippen LogP contribution is -2.18. The zero-order valence-corrected chi connectivity index (χ0v) is 8.73. The van der Waals surface area contributed by atoms with E-state index in [-0.39, 0.29) is 0 Å². The first-order chi connectivity index (χ1) is 5.81. The molecule has 2 nitrogen and oxygen atoms in total. The van der Waals surface area contributed by atoms with E-state index in [1.54, 1.807) is 0 Å². The van der Waals surface area contributed by atoms with Crippen molar-refractivity contribution in [2.75, 3.05) is 32.7 Å². The molecule has 0 aliphatic rings. The Morgan fingerprint density at radius 1 is 1.50 bits per heavy atom. The van der Waals surface area contributed by atoms with Crippen LogP contribution in [0.1, 0.15) is 13.3 Å². The van der Waals surface area contributed by atoms with E-state index in [9.17, 15) is 0 Å². The number of hydrogen-bond acceptors (Lipinski definition) is 3. The van der Waals surface area contributed by atoms with Crippen LogP contribution in [0.4, 0.5) is 0 Å². The molecule has 0 radical (unpaired) electrons. The Bertz CT molecular complexity index is 150. The minimum absolute atomic E-state index is 0.557. The van der Waals surface area contributed by atoms with Crippen molar-refractivity contribution in [1.82, 2.24) is 4.90 Å². The van der Waals surface area contributed by atoms with Crippen molar-refractivity contribution in [2.24, 2.45) is 0 Å². The smallest absolute Gasteiger partial charge is 0.107 e. The Balaban J connectivity index is 3.03. The highest BCUT2D eigenvalue weighted by Gasteiger charge is 1.93. The summed E-state index contributed by atoms with van der Waals surface area (Å²) >= 11 is 4.14. The predicted molar refractivity (Wildman–Crippen MR) is 55.4 cm³/mol. The zero-order valence-electron chi connectivity index (χ0n) is 7.84. The van der Waals surface area contributed by atoms with Gasteiger partial charge in [0.25, 0.3) is 0 Å². The van der Waals surface area contributed by atoms with Gasteiger partial charge in [-0.05, 0) is 20.4 Å². The molecule has 0 amide bonds. The summed E-state index contributed by atoms with van der Waals surface area (Å²) in [6.07, 6.45) is 1.04. The third-order valence-corrected chi connectivity index (χ3v) is 1.90. The third kappa shape index (κ3) is 7.93. The molecule has 70 valence electrons. The molecule has 0 aliphatic heterocycles. The van der Waals surface area contributed by atoms with Crippen LogP contribution >= 0.6 is 12.6 Å². The number of nitrogens with zero attached hydrogens (tertiary/aromatic N) is 1. The number of ether oxygens (including phenoxy) is 1. The second kappa shape index (κ2) is 8.92. The first-order valence-corrected chi connectivity index (χ1v) is 4.71. The van der Waals surface area contributed by atoms with E-state index < -0.39 is 0 Å². The van der Waals surface area contributed by atoms with Crippen LogP contribution in [0.5, 0.6) is 0 Å². The molecule has 0 heterocycles. The SMILES string of the molecule is CC#CCOCCCN(C)CS. The van der Waals surface area contributed by atoms with Crippen molar-refractivity contribution >= 4 is 12.6 Å². The van der Waals surface area contributed by atoms with Crippen LogP contribution in [0.2, 0.25) is 0 Å². The Hall–Kier alpha value is -0.170. The van der Waals surface area contributed by atoms with Gasteiger partial charge >= 0.3 is 0 Å². The van der Waals surface area contributed by atoms with E-state index in [2.05, 4.69) is 29.4 Å². The number of rotatable bonds is 6. The number of thiol groups is 1. The van der Waals surface area contributed by atoms with Crippen LogP contribution in [-0.4, -0.2) is 37.6 Å². The maximum absolute atomic E-state index is 5.24. The first-order valence-electron chi connectivity index (χ1n) is 4.08. The average Bonchev–Trinajstić information content (AvgIpc) is 2.10. The van der Waals surface area contributed by atoms with E-state index in [1.165, 1.54) is 0 Å². The molecule has 3 heteroatoms. The van der Waals surface area contributed by atoms with Gasteiger partial charge in [-0.1, -0.05) is 5.92 Å². The normalized spacial score (nSPS) is 9.67. The van der Waals surface area contributed by atoms with Crippen molar-refractivity contribution in [1.29, 1.82) is 0 Å². The van der Waals surface area contributed by atoms with Crippen LogP contribution in [0.3, 0.4) is 0 Å². The van der Waals surface area contributed by atoms with Crippen molar-refractivity contribution in [3.63, 3.8) is 0 Å². The van der Waals surface area contributed by atoms with Crippen molar-refractivity contribution in [3.05, 3.63) is 0 Å². The molecule has 0 atom stereocenters. The van der Waals surface area contributed by atoms with Crippen LogP contribution in [0.25, 0.3) is 0 Å². The van der Waals surface area contributed by atoms with E-state index in [0.717, 1.165) is 25.4 Å². The lowest BCUT2D eigenvalue weighted by molar-refractivity contribution is 0.155. The first kappa shape index (κ1) is 11.8. The molecular weight excluding hydrogens is 170 g/mol. The molecule has 12 heavy (non-hydrogen) atoms. The van der Waals surface area contributed by atoms with Crippen LogP contribution < -0.4 is 0 Å². The Morgan fingerprint density at radius 2 is 2.25 bits per heavy atom. The van der Waals surface area contributed by atoms with Gasteiger partial charge in [0.15, 0.2) is 0 Å². The van der Waals surface area contributed by atoms with Gasteiger partial charge in [-0.25, -0.2) is 0 Å². The summed E-state index contributed by atoms with van der Waals surface area (Å²) in [5.74, 6) is 6.43. The lowest BCUT2D eigenvalue weighted by Gasteiger charge is -2.11. The highest BCUT2D eigenvalue weighted by molar-refractivity contribution is 7.80. The fourth-order valence-corrected chi connectivity index (χ4v) is 0.844. The van der Waals surface area contributed by atoms with E-state index in [1.807, 2.05) is 14.0 Å². The third-order valence-electron chi connectivity index (χ3n) is 1.42. The predicted octanol–water partition coefficient (Wildman–Crippen LogP) is 1.24. The van der Waals surface area contributed by atoms with Gasteiger partial charge in [-0.3, -0.25) is 4.90 Å². The van der Waals surface area contributed by atoms with Crippen LogP contribution in [0, 0.1) is 11.8 Å². The zero-order chi connectivity index (χ0) is 9.23. The minimum Gasteiger partial charge on any atom is -0.369 e. The molecule has 0 spiro atoms. The largest absolute Gasteiger partial charge is 0.369 e. The Labute approximate surface area is 80.7 Å². The second-order valence-corrected chi connectivity index (χ2v) is 2.84. The molecule has 0 aromatic heterocycles. The standard InChI is InChI=1S/C9H17NOS/c1-3-4-7-11-8-5-6-10(2)9-12/h12H,5-9H2,1-2H3. The van der Waals surface area contributed by atoms with Crippen molar-refractivity contribution in [3.8, 4) is 11.8 Å². The summed E-state index contributed by atoms with van der Waals surface area (Å²) in [6, 6.07) is 0. The molecule has 0 rings (SSSR count). The molecule has 0 saturated carbocycles. The molecular formula is C9H17NOS. The van der Waals surface area contributed by atoms with Crippen molar-refractivity contribution in [2.45, 2.75) is 13.3 Å². The summed E-state index contributed by atoms with van der Waals surface area (Å²) in [6.45, 7) is 4.19. The quantitative estimate of drug-likeness (QED) is 0.291. The fourth-order valence-electron chi connectivity index (χ4n) is 0.703. The van der Waals surface area contributed by atoms with E-state index in [4.69, 9.17) is 4.74 Å². The summed E-state index contributed by atoms with van der Waals surface area (Å²) in [7, 11) is 2.04. The van der Waals surface area contributed by atoms with Crippen LogP contribution in [-0.2, 0) is 4.74 Å². The summed E-state index contributed by atoms with van der Waals surface area (Å²) in [4.78, 5) is 2.14. The minimum atomic E-state index is 0.557. The van der Waals surface area contributed by atoms with Gasteiger partial charge < -0.3 is 4.74 Å². The molecule has 0 aromatic rings. The average molecular weight is 187 g/mol. The molecule has 0 unspecified atom stereocenters. The van der Waals surface area contributed by atoms with Crippen LogP contribution in [0.15, 0.2) is 0 Å². The van der Waals surface area contributed by atoms with Gasteiger partial charge in [0, 0.05) is 19.0 Å².